The zero-order chi connectivity index (χ0) is 14.8. The molecule has 3 nitrogen and oxygen atoms in total. The molecular formula is C16H10BrClN2O. The molecule has 0 unspecified atom stereocenters. The predicted molar refractivity (Wildman–Crippen MR) is 86.1 cm³/mol. The lowest BCUT2D eigenvalue weighted by Crippen LogP contribution is -2.10. The van der Waals surface area contributed by atoms with Crippen molar-refractivity contribution in [1.29, 1.82) is 0 Å². The van der Waals surface area contributed by atoms with Crippen molar-refractivity contribution in [3.05, 3.63) is 81.5 Å². The van der Waals surface area contributed by atoms with Crippen molar-refractivity contribution in [1.82, 2.24) is 9.78 Å². The highest BCUT2D eigenvalue weighted by Gasteiger charge is 2.19. The van der Waals surface area contributed by atoms with Crippen LogP contribution in [-0.4, -0.2) is 15.6 Å². The van der Waals surface area contributed by atoms with E-state index >= 15 is 0 Å². The molecule has 0 fully saturated rings. The molecule has 0 saturated heterocycles. The van der Waals surface area contributed by atoms with Crippen LogP contribution in [0.15, 0.2) is 65.3 Å². The number of carbonyl (C=O) groups excluding carboxylic acids is 1. The number of para-hydroxylation sites is 1. The molecular weight excluding hydrogens is 352 g/mol. The Kier molecular flexibility index (Phi) is 3.90. The third kappa shape index (κ3) is 2.64. The summed E-state index contributed by atoms with van der Waals surface area (Å²) in [5, 5.41) is 4.63. The van der Waals surface area contributed by atoms with Gasteiger partial charge in [-0.15, -0.1) is 0 Å². The highest BCUT2D eigenvalue weighted by molar-refractivity contribution is 9.10. The van der Waals surface area contributed by atoms with Crippen molar-refractivity contribution in [3.63, 3.8) is 0 Å². The van der Waals surface area contributed by atoms with Crippen molar-refractivity contribution < 1.29 is 4.79 Å². The number of aromatic nitrogens is 2. The van der Waals surface area contributed by atoms with Gasteiger partial charge in [0.25, 0.3) is 0 Å². The lowest BCUT2D eigenvalue weighted by molar-refractivity contribution is 0.103. The van der Waals surface area contributed by atoms with Crippen LogP contribution < -0.4 is 0 Å². The van der Waals surface area contributed by atoms with Gasteiger partial charge in [0.1, 0.15) is 5.69 Å². The van der Waals surface area contributed by atoms with Gasteiger partial charge in [-0.1, -0.05) is 35.9 Å². The van der Waals surface area contributed by atoms with Gasteiger partial charge in [-0.3, -0.25) is 4.79 Å². The maximum absolute atomic E-state index is 12.7. The molecule has 1 heterocycles. The zero-order valence-corrected chi connectivity index (χ0v) is 13.2. The summed E-state index contributed by atoms with van der Waals surface area (Å²) in [6.45, 7) is 0. The quantitative estimate of drug-likeness (QED) is 0.643. The van der Waals surface area contributed by atoms with E-state index in [0.717, 1.165) is 5.69 Å². The fourth-order valence-electron chi connectivity index (χ4n) is 2.07. The van der Waals surface area contributed by atoms with E-state index in [9.17, 15) is 4.79 Å². The maximum atomic E-state index is 12.7. The summed E-state index contributed by atoms with van der Waals surface area (Å²) in [5.41, 5.74) is 1.75. The molecule has 3 rings (SSSR count). The summed E-state index contributed by atoms with van der Waals surface area (Å²) in [6, 6.07) is 16.5. The minimum atomic E-state index is -0.164. The van der Waals surface area contributed by atoms with E-state index in [1.165, 1.54) is 0 Å². The largest absolute Gasteiger partial charge is 0.287 e. The van der Waals surface area contributed by atoms with Crippen molar-refractivity contribution >= 4 is 33.3 Å². The van der Waals surface area contributed by atoms with Gasteiger partial charge in [0, 0.05) is 10.0 Å². The number of nitrogens with zero attached hydrogens (tertiary/aromatic N) is 2. The lowest BCUT2D eigenvalue weighted by atomic mass is 10.1. The molecule has 1 aromatic heterocycles. The van der Waals surface area contributed by atoms with Crippen LogP contribution in [0.5, 0.6) is 0 Å². The van der Waals surface area contributed by atoms with Gasteiger partial charge in [-0.05, 0) is 46.3 Å². The second kappa shape index (κ2) is 5.84. The van der Waals surface area contributed by atoms with E-state index in [1.54, 1.807) is 35.1 Å². The molecule has 0 aliphatic rings. The Balaban J connectivity index is 2.08. The van der Waals surface area contributed by atoms with Gasteiger partial charge in [0.05, 0.1) is 16.9 Å². The van der Waals surface area contributed by atoms with Gasteiger partial charge in [0.2, 0.25) is 5.78 Å². The zero-order valence-electron chi connectivity index (χ0n) is 10.8. The minimum Gasteiger partial charge on any atom is -0.287 e. The molecule has 0 aliphatic carbocycles. The van der Waals surface area contributed by atoms with Crippen LogP contribution in [0.25, 0.3) is 5.69 Å². The Morgan fingerprint density at radius 2 is 1.81 bits per heavy atom. The van der Waals surface area contributed by atoms with Crippen LogP contribution in [-0.2, 0) is 0 Å². The number of carbonyl (C=O) groups is 1. The molecule has 0 radical (unpaired) electrons. The fourth-order valence-corrected chi connectivity index (χ4v) is 2.65. The highest BCUT2D eigenvalue weighted by atomic mass is 79.9. The van der Waals surface area contributed by atoms with Crippen molar-refractivity contribution in [2.75, 3.05) is 0 Å². The molecule has 0 saturated carbocycles. The second-order valence-electron chi connectivity index (χ2n) is 4.39. The molecule has 5 heteroatoms. The first-order chi connectivity index (χ1) is 10.2. The first-order valence-corrected chi connectivity index (χ1v) is 7.44. The van der Waals surface area contributed by atoms with Crippen LogP contribution in [0.1, 0.15) is 16.1 Å². The van der Waals surface area contributed by atoms with E-state index < -0.39 is 0 Å². The standard InChI is InChI=1S/C16H10BrClN2O/c17-13-8-4-7-12(15(13)18)16(21)14-9-10-19-20(14)11-5-2-1-3-6-11/h1-10H. The Bertz CT molecular complexity index is 799. The van der Waals surface area contributed by atoms with Gasteiger partial charge in [-0.25, -0.2) is 4.68 Å². The molecule has 0 amide bonds. The monoisotopic (exact) mass is 360 g/mol. The summed E-state index contributed by atoms with van der Waals surface area (Å²) < 4.78 is 2.31. The van der Waals surface area contributed by atoms with Gasteiger partial charge >= 0.3 is 0 Å². The summed E-state index contributed by atoms with van der Waals surface area (Å²) in [6.07, 6.45) is 1.60. The fraction of sp³-hybridized carbons (Fsp3) is 0. The van der Waals surface area contributed by atoms with Crippen LogP contribution in [0.3, 0.4) is 0 Å². The molecule has 104 valence electrons. The smallest absolute Gasteiger partial charge is 0.213 e. The average Bonchev–Trinajstić information content (AvgIpc) is 3.00. The SMILES string of the molecule is O=C(c1cccc(Br)c1Cl)c1ccnn1-c1ccccc1. The average molecular weight is 362 g/mol. The topological polar surface area (TPSA) is 34.9 Å². The molecule has 2 aromatic carbocycles. The van der Waals surface area contributed by atoms with E-state index in [1.807, 2.05) is 30.3 Å². The number of benzene rings is 2. The van der Waals surface area contributed by atoms with Gasteiger partial charge in [0.15, 0.2) is 0 Å². The maximum Gasteiger partial charge on any atom is 0.213 e. The molecule has 0 aliphatic heterocycles. The summed E-state index contributed by atoms with van der Waals surface area (Å²) in [7, 11) is 0. The van der Waals surface area contributed by atoms with E-state index in [0.29, 0.717) is 20.8 Å². The van der Waals surface area contributed by atoms with E-state index in [4.69, 9.17) is 11.6 Å². The lowest BCUT2D eigenvalue weighted by Gasteiger charge is -2.08. The van der Waals surface area contributed by atoms with Crippen molar-refractivity contribution in [2.45, 2.75) is 0 Å². The Labute approximate surface area is 135 Å². The number of hydrogen-bond acceptors (Lipinski definition) is 2. The number of halogens is 2. The van der Waals surface area contributed by atoms with Crippen LogP contribution in [0.2, 0.25) is 5.02 Å². The number of rotatable bonds is 3. The Hall–Kier alpha value is -1.91. The third-order valence-corrected chi connectivity index (χ3v) is 4.37. The molecule has 0 spiro atoms. The summed E-state index contributed by atoms with van der Waals surface area (Å²) >= 11 is 9.54. The summed E-state index contributed by atoms with van der Waals surface area (Å²) in [4.78, 5) is 12.7. The van der Waals surface area contributed by atoms with Crippen LogP contribution in [0, 0.1) is 0 Å². The first-order valence-electron chi connectivity index (χ1n) is 6.26. The van der Waals surface area contributed by atoms with Gasteiger partial charge in [-0.2, -0.15) is 5.10 Å². The molecule has 0 bridgehead atoms. The van der Waals surface area contributed by atoms with E-state index in [2.05, 4.69) is 21.0 Å². The normalized spacial score (nSPS) is 10.6. The summed E-state index contributed by atoms with van der Waals surface area (Å²) in [5.74, 6) is -0.164. The molecule has 0 atom stereocenters. The number of hydrogen-bond donors (Lipinski definition) is 0. The Morgan fingerprint density at radius 3 is 2.57 bits per heavy atom. The number of ketones is 1. The second-order valence-corrected chi connectivity index (χ2v) is 5.63. The van der Waals surface area contributed by atoms with Gasteiger partial charge < -0.3 is 0 Å². The molecule has 21 heavy (non-hydrogen) atoms. The molecule has 0 N–H and O–H groups in total. The van der Waals surface area contributed by atoms with Crippen LogP contribution >= 0.6 is 27.5 Å². The third-order valence-electron chi connectivity index (χ3n) is 3.07. The van der Waals surface area contributed by atoms with Crippen LogP contribution in [0.4, 0.5) is 0 Å². The predicted octanol–water partition coefficient (Wildman–Crippen LogP) is 4.52. The van der Waals surface area contributed by atoms with E-state index in [-0.39, 0.29) is 5.78 Å². The van der Waals surface area contributed by atoms with Crippen molar-refractivity contribution in [2.24, 2.45) is 0 Å². The highest BCUT2D eigenvalue weighted by Crippen LogP contribution is 2.28. The Morgan fingerprint density at radius 1 is 1.05 bits per heavy atom. The van der Waals surface area contributed by atoms with Crippen molar-refractivity contribution in [3.8, 4) is 5.69 Å². The minimum absolute atomic E-state index is 0.164. The molecule has 3 aromatic rings. The first kappa shape index (κ1) is 14.0.